The lowest BCUT2D eigenvalue weighted by Gasteiger charge is -2.13. The Balaban J connectivity index is 2.37. The van der Waals surface area contributed by atoms with Crippen molar-refractivity contribution >= 4 is 17.8 Å². The van der Waals surface area contributed by atoms with Crippen molar-refractivity contribution in [3.8, 4) is 5.75 Å². The molecule has 0 aliphatic rings. The number of carboxylic acid groups (broad SMARTS) is 1. The van der Waals surface area contributed by atoms with E-state index in [2.05, 4.69) is 5.32 Å². The highest BCUT2D eigenvalue weighted by Crippen LogP contribution is 2.11. The van der Waals surface area contributed by atoms with Crippen molar-refractivity contribution in [2.45, 2.75) is 18.9 Å². The minimum atomic E-state index is -1.36. The number of nitrogens with one attached hydrogen (secondary N) is 1. The second kappa shape index (κ2) is 7.83. The zero-order valence-electron chi connectivity index (χ0n) is 11.0. The number of benzene rings is 1. The van der Waals surface area contributed by atoms with E-state index in [9.17, 15) is 18.8 Å². The van der Waals surface area contributed by atoms with Gasteiger partial charge in [-0.3, -0.25) is 9.59 Å². The van der Waals surface area contributed by atoms with E-state index in [4.69, 9.17) is 15.6 Å². The molecule has 1 aromatic carbocycles. The number of halogens is 1. The number of hydrogen-bond acceptors (Lipinski definition) is 4. The molecule has 0 radical (unpaired) electrons. The molecule has 8 heteroatoms. The van der Waals surface area contributed by atoms with Crippen molar-refractivity contribution in [3.63, 3.8) is 0 Å². The second-order valence-electron chi connectivity index (χ2n) is 4.18. The SMILES string of the molecule is NC(=O)C[C@H](NC(=O)CCOc1ccc(F)cc1)C(=O)O. The first-order chi connectivity index (χ1) is 9.88. The minimum absolute atomic E-state index is 0.0135. The first kappa shape index (κ1) is 16.4. The Morgan fingerprint density at radius 1 is 1.29 bits per heavy atom. The third kappa shape index (κ3) is 6.37. The minimum Gasteiger partial charge on any atom is -0.493 e. The third-order valence-electron chi connectivity index (χ3n) is 2.45. The second-order valence-corrected chi connectivity index (χ2v) is 4.18. The maximum absolute atomic E-state index is 12.6. The summed E-state index contributed by atoms with van der Waals surface area (Å²) < 4.78 is 17.8. The molecule has 1 aromatic rings. The quantitative estimate of drug-likeness (QED) is 0.626. The van der Waals surface area contributed by atoms with Crippen molar-refractivity contribution in [2.75, 3.05) is 6.61 Å². The van der Waals surface area contributed by atoms with Crippen LogP contribution in [-0.2, 0) is 14.4 Å². The number of amides is 2. The Kier molecular flexibility index (Phi) is 6.12. The van der Waals surface area contributed by atoms with Gasteiger partial charge in [-0.15, -0.1) is 0 Å². The molecule has 0 unspecified atom stereocenters. The van der Waals surface area contributed by atoms with Crippen LogP contribution in [0.4, 0.5) is 4.39 Å². The molecule has 1 rings (SSSR count). The monoisotopic (exact) mass is 298 g/mol. The van der Waals surface area contributed by atoms with Crippen molar-refractivity contribution in [2.24, 2.45) is 5.73 Å². The molecular weight excluding hydrogens is 283 g/mol. The summed E-state index contributed by atoms with van der Waals surface area (Å²) in [5, 5.41) is 11.0. The van der Waals surface area contributed by atoms with Crippen LogP contribution in [-0.4, -0.2) is 35.5 Å². The standard InChI is InChI=1S/C13H15FN2O5/c14-8-1-3-9(4-2-8)21-6-5-12(18)16-10(13(19)20)7-11(15)17/h1-4,10H,5-7H2,(H2,15,17)(H,16,18)(H,19,20)/t10-/m0/s1. The first-order valence-corrected chi connectivity index (χ1v) is 6.07. The summed E-state index contributed by atoms with van der Waals surface area (Å²) in [6.45, 7) is -0.0135. The van der Waals surface area contributed by atoms with Gasteiger partial charge in [0.1, 0.15) is 17.6 Å². The van der Waals surface area contributed by atoms with Gasteiger partial charge in [0.25, 0.3) is 0 Å². The summed E-state index contributed by atoms with van der Waals surface area (Å²) in [7, 11) is 0. The molecule has 0 saturated carbocycles. The van der Waals surface area contributed by atoms with E-state index >= 15 is 0 Å². The van der Waals surface area contributed by atoms with Gasteiger partial charge in [0.15, 0.2) is 0 Å². The van der Waals surface area contributed by atoms with Gasteiger partial charge in [-0.25, -0.2) is 9.18 Å². The summed E-state index contributed by atoms with van der Waals surface area (Å²) in [6, 6.07) is 3.87. The maximum atomic E-state index is 12.6. The summed E-state index contributed by atoms with van der Waals surface area (Å²) in [6.07, 6.45) is -0.597. The Morgan fingerprint density at radius 2 is 1.90 bits per heavy atom. The molecule has 0 heterocycles. The molecule has 1 atom stereocenters. The Labute approximate surface area is 119 Å². The molecular formula is C13H15FN2O5. The van der Waals surface area contributed by atoms with Crippen molar-refractivity contribution in [3.05, 3.63) is 30.1 Å². The lowest BCUT2D eigenvalue weighted by Crippen LogP contribution is -2.43. The number of carbonyl (C=O) groups excluding carboxylic acids is 2. The van der Waals surface area contributed by atoms with E-state index in [0.29, 0.717) is 5.75 Å². The van der Waals surface area contributed by atoms with E-state index in [0.717, 1.165) is 0 Å². The number of nitrogens with two attached hydrogens (primary N) is 1. The number of rotatable bonds is 8. The first-order valence-electron chi connectivity index (χ1n) is 6.07. The highest BCUT2D eigenvalue weighted by atomic mass is 19.1. The molecule has 0 aromatic heterocycles. The number of aliphatic carboxylic acids is 1. The van der Waals surface area contributed by atoms with Crippen LogP contribution >= 0.6 is 0 Å². The number of carboxylic acids is 1. The van der Waals surface area contributed by atoms with Gasteiger partial charge in [-0.05, 0) is 24.3 Å². The summed E-state index contributed by atoms with van der Waals surface area (Å²) in [5.74, 6) is -2.79. The van der Waals surface area contributed by atoms with E-state index in [-0.39, 0.29) is 13.0 Å². The fourth-order valence-corrected chi connectivity index (χ4v) is 1.46. The van der Waals surface area contributed by atoms with E-state index in [1.807, 2.05) is 0 Å². The van der Waals surface area contributed by atoms with Gasteiger partial charge >= 0.3 is 5.97 Å². The molecule has 2 amide bonds. The Hall–Kier alpha value is -2.64. The van der Waals surface area contributed by atoms with Crippen molar-refractivity contribution in [1.82, 2.24) is 5.32 Å². The topological polar surface area (TPSA) is 119 Å². The lowest BCUT2D eigenvalue weighted by atomic mass is 10.2. The molecule has 0 fully saturated rings. The van der Waals surface area contributed by atoms with Crippen molar-refractivity contribution in [1.29, 1.82) is 0 Å². The van der Waals surface area contributed by atoms with E-state index in [1.165, 1.54) is 24.3 Å². The predicted molar refractivity (Wildman–Crippen MR) is 69.9 cm³/mol. The Bertz CT molecular complexity index is 518. The molecule has 0 bridgehead atoms. The van der Waals surface area contributed by atoms with Crippen LogP contribution in [0.25, 0.3) is 0 Å². The fraction of sp³-hybridized carbons (Fsp3) is 0.308. The van der Waals surface area contributed by atoms with E-state index in [1.54, 1.807) is 0 Å². The lowest BCUT2D eigenvalue weighted by molar-refractivity contribution is -0.143. The maximum Gasteiger partial charge on any atom is 0.326 e. The van der Waals surface area contributed by atoms with Crippen molar-refractivity contribution < 1.29 is 28.6 Å². The van der Waals surface area contributed by atoms with Crippen LogP contribution < -0.4 is 15.8 Å². The van der Waals surface area contributed by atoms with Gasteiger partial charge in [0.05, 0.1) is 19.4 Å². The van der Waals surface area contributed by atoms with Gasteiger partial charge < -0.3 is 20.9 Å². The van der Waals surface area contributed by atoms with Crippen LogP contribution in [0.5, 0.6) is 5.75 Å². The molecule has 4 N–H and O–H groups in total. The van der Waals surface area contributed by atoms with Crippen LogP contribution in [0.15, 0.2) is 24.3 Å². The fourth-order valence-electron chi connectivity index (χ4n) is 1.46. The van der Waals surface area contributed by atoms with E-state index < -0.39 is 36.1 Å². The van der Waals surface area contributed by atoms with Gasteiger partial charge in [-0.1, -0.05) is 0 Å². The summed E-state index contributed by atoms with van der Waals surface area (Å²) in [5.41, 5.74) is 4.89. The smallest absolute Gasteiger partial charge is 0.326 e. The molecule has 0 aliphatic heterocycles. The number of primary amides is 1. The van der Waals surface area contributed by atoms with Gasteiger partial charge in [0, 0.05) is 0 Å². The number of hydrogen-bond donors (Lipinski definition) is 3. The zero-order valence-corrected chi connectivity index (χ0v) is 11.0. The summed E-state index contributed by atoms with van der Waals surface area (Å²) >= 11 is 0. The highest BCUT2D eigenvalue weighted by molar-refractivity contribution is 5.88. The highest BCUT2D eigenvalue weighted by Gasteiger charge is 2.21. The number of carbonyl (C=O) groups is 3. The van der Waals surface area contributed by atoms with Crippen LogP contribution in [0.3, 0.4) is 0 Å². The average molecular weight is 298 g/mol. The third-order valence-corrected chi connectivity index (χ3v) is 2.45. The Morgan fingerprint density at radius 3 is 2.43 bits per heavy atom. The molecule has 7 nitrogen and oxygen atoms in total. The zero-order chi connectivity index (χ0) is 15.8. The average Bonchev–Trinajstić information content (AvgIpc) is 2.39. The molecule has 0 spiro atoms. The van der Waals surface area contributed by atoms with Crippen LogP contribution in [0.2, 0.25) is 0 Å². The predicted octanol–water partition coefficient (Wildman–Crippen LogP) is 0.0394. The van der Waals surface area contributed by atoms with Gasteiger partial charge in [0.2, 0.25) is 11.8 Å². The van der Waals surface area contributed by atoms with Gasteiger partial charge in [-0.2, -0.15) is 0 Å². The normalized spacial score (nSPS) is 11.5. The van der Waals surface area contributed by atoms with Crippen LogP contribution in [0.1, 0.15) is 12.8 Å². The van der Waals surface area contributed by atoms with Crippen LogP contribution in [0, 0.1) is 5.82 Å². The molecule has 21 heavy (non-hydrogen) atoms. The number of ether oxygens (including phenoxy) is 1. The largest absolute Gasteiger partial charge is 0.493 e. The molecule has 0 saturated heterocycles. The molecule has 0 aliphatic carbocycles. The summed E-state index contributed by atoms with van der Waals surface area (Å²) in [4.78, 5) is 33.0. The molecule has 114 valence electrons.